The van der Waals surface area contributed by atoms with Gasteiger partial charge in [0.05, 0.1) is 12.2 Å². The number of para-hydroxylation sites is 1. The monoisotopic (exact) mass is 370 g/mol. The number of fused-ring (bicyclic) bond motifs is 1. The lowest BCUT2D eigenvalue weighted by Gasteiger charge is -2.36. The van der Waals surface area contributed by atoms with Gasteiger partial charge < -0.3 is 19.5 Å². The Kier molecular flexibility index (Phi) is 4.35. The van der Waals surface area contributed by atoms with Crippen molar-refractivity contribution in [3.05, 3.63) is 36.0 Å². The molecule has 0 bridgehead atoms. The zero-order valence-corrected chi connectivity index (χ0v) is 15.2. The number of methoxy groups -OCH3 is 1. The third kappa shape index (κ3) is 2.95. The number of rotatable bonds is 4. The molecule has 0 saturated carbocycles. The molecule has 1 aromatic carbocycles. The zero-order chi connectivity index (χ0) is 19.0. The first-order valence-electron chi connectivity index (χ1n) is 9.04. The van der Waals surface area contributed by atoms with Crippen LogP contribution < -0.4 is 10.6 Å². The number of nitrogens with one attached hydrogen (secondary N) is 2. The largest absolute Gasteiger partial charge is 0.383 e. The topological polar surface area (TPSA) is 92.7 Å². The molecular weight excluding hydrogens is 348 g/mol. The fourth-order valence-electron chi connectivity index (χ4n) is 3.93. The van der Waals surface area contributed by atoms with Crippen LogP contribution >= 0.6 is 0 Å². The average Bonchev–Trinajstić information content (AvgIpc) is 3.17. The lowest BCUT2D eigenvalue weighted by molar-refractivity contribution is -0.125. The Bertz CT molecular complexity index is 912. The highest BCUT2D eigenvalue weighted by atomic mass is 16.5. The molecule has 2 aliphatic heterocycles. The first-order chi connectivity index (χ1) is 13.0. The second-order valence-corrected chi connectivity index (χ2v) is 7.03. The number of carbonyl (C=O) groups is 3. The maximum absolute atomic E-state index is 13.1. The molecule has 4 rings (SSSR count). The highest BCUT2D eigenvalue weighted by Crippen LogP contribution is 2.28. The summed E-state index contributed by atoms with van der Waals surface area (Å²) < 4.78 is 7.19. The van der Waals surface area contributed by atoms with Crippen molar-refractivity contribution >= 4 is 28.7 Å². The number of benzene rings is 1. The van der Waals surface area contributed by atoms with E-state index in [4.69, 9.17) is 4.74 Å². The Morgan fingerprint density at radius 2 is 1.96 bits per heavy atom. The summed E-state index contributed by atoms with van der Waals surface area (Å²) in [7, 11) is 1.65. The normalized spacial score (nSPS) is 18.8. The molecule has 1 aromatic heterocycles. The van der Waals surface area contributed by atoms with Gasteiger partial charge in [-0.05, 0) is 18.9 Å². The van der Waals surface area contributed by atoms with Gasteiger partial charge in [-0.25, -0.2) is 4.79 Å². The van der Waals surface area contributed by atoms with E-state index in [0.717, 1.165) is 10.9 Å². The summed E-state index contributed by atoms with van der Waals surface area (Å²) in [5, 5.41) is 5.92. The van der Waals surface area contributed by atoms with Crippen molar-refractivity contribution in [1.82, 2.24) is 20.1 Å². The van der Waals surface area contributed by atoms with Gasteiger partial charge in [-0.2, -0.15) is 0 Å². The third-order valence-corrected chi connectivity index (χ3v) is 5.47. The molecule has 2 N–H and O–H groups in total. The van der Waals surface area contributed by atoms with E-state index in [1.165, 1.54) is 0 Å². The molecule has 2 aromatic rings. The molecule has 8 heteroatoms. The number of aromatic nitrogens is 1. The molecule has 0 radical (unpaired) electrons. The molecule has 2 aliphatic rings. The Hall–Kier alpha value is -2.87. The summed E-state index contributed by atoms with van der Waals surface area (Å²) in [6.07, 6.45) is 2.71. The summed E-state index contributed by atoms with van der Waals surface area (Å²) in [5.41, 5.74) is 0.770. The molecule has 3 heterocycles. The van der Waals surface area contributed by atoms with Crippen molar-refractivity contribution in [3.8, 4) is 0 Å². The third-order valence-electron chi connectivity index (χ3n) is 5.47. The second-order valence-electron chi connectivity index (χ2n) is 7.03. The fourth-order valence-corrected chi connectivity index (χ4v) is 3.93. The van der Waals surface area contributed by atoms with Crippen molar-refractivity contribution < 1.29 is 19.1 Å². The molecule has 2 fully saturated rings. The van der Waals surface area contributed by atoms with E-state index in [1.54, 1.807) is 12.0 Å². The van der Waals surface area contributed by atoms with E-state index in [2.05, 4.69) is 10.6 Å². The molecule has 0 unspecified atom stereocenters. The lowest BCUT2D eigenvalue weighted by atomic mass is 9.87. The zero-order valence-electron chi connectivity index (χ0n) is 15.2. The predicted octanol–water partition coefficient (Wildman–Crippen LogP) is 1.10. The smallest absolute Gasteiger partial charge is 0.322 e. The highest BCUT2D eigenvalue weighted by molar-refractivity contribution is 6.08. The average molecular weight is 370 g/mol. The van der Waals surface area contributed by atoms with Crippen LogP contribution in [0.15, 0.2) is 30.5 Å². The van der Waals surface area contributed by atoms with Crippen LogP contribution in [0.4, 0.5) is 4.79 Å². The van der Waals surface area contributed by atoms with Gasteiger partial charge in [0.25, 0.3) is 11.8 Å². The van der Waals surface area contributed by atoms with Crippen LogP contribution in [0.5, 0.6) is 0 Å². The van der Waals surface area contributed by atoms with E-state index in [-0.39, 0.29) is 11.8 Å². The van der Waals surface area contributed by atoms with E-state index < -0.39 is 11.6 Å². The van der Waals surface area contributed by atoms with Crippen molar-refractivity contribution in [2.75, 3.05) is 26.8 Å². The molecule has 0 aliphatic carbocycles. The Morgan fingerprint density at radius 1 is 1.22 bits per heavy atom. The molecule has 4 amide bonds. The lowest BCUT2D eigenvalue weighted by Crippen LogP contribution is -2.55. The van der Waals surface area contributed by atoms with Gasteiger partial charge in [0.15, 0.2) is 0 Å². The number of likely N-dealkylation sites (tertiary alicyclic amines) is 1. The van der Waals surface area contributed by atoms with Crippen LogP contribution in [-0.2, 0) is 16.1 Å². The van der Waals surface area contributed by atoms with Gasteiger partial charge in [0.2, 0.25) is 0 Å². The number of hydrogen-bond donors (Lipinski definition) is 2. The van der Waals surface area contributed by atoms with Crippen LogP contribution in [0.3, 0.4) is 0 Å². The van der Waals surface area contributed by atoms with Gasteiger partial charge >= 0.3 is 6.03 Å². The van der Waals surface area contributed by atoms with Crippen molar-refractivity contribution in [3.63, 3.8) is 0 Å². The number of amides is 4. The SMILES string of the molecule is COCCn1cc(C(=O)N2CCC3(CC2)NC(=O)NC3=O)c2ccccc21. The van der Waals surface area contributed by atoms with E-state index in [9.17, 15) is 14.4 Å². The minimum Gasteiger partial charge on any atom is -0.383 e. The van der Waals surface area contributed by atoms with Gasteiger partial charge in [0, 0.05) is 43.8 Å². The minimum absolute atomic E-state index is 0.0538. The van der Waals surface area contributed by atoms with Crippen LogP contribution in [-0.4, -0.2) is 59.7 Å². The number of piperidine rings is 1. The summed E-state index contributed by atoms with van der Waals surface area (Å²) in [6, 6.07) is 7.35. The van der Waals surface area contributed by atoms with Crippen molar-refractivity contribution in [2.24, 2.45) is 0 Å². The van der Waals surface area contributed by atoms with Gasteiger partial charge in [0.1, 0.15) is 5.54 Å². The standard InChI is InChI=1S/C19H22N4O4/c1-27-11-10-23-12-14(13-4-2-3-5-15(13)23)16(24)22-8-6-19(7-9-22)17(25)20-18(26)21-19/h2-5,12H,6-11H2,1H3,(H2,20,21,25,26). The minimum atomic E-state index is -0.875. The maximum Gasteiger partial charge on any atom is 0.322 e. The number of urea groups is 1. The molecule has 27 heavy (non-hydrogen) atoms. The Balaban J connectivity index is 1.55. The molecule has 1 spiro atoms. The molecule has 8 nitrogen and oxygen atoms in total. The Labute approximate surface area is 156 Å². The van der Waals surface area contributed by atoms with Crippen LogP contribution in [0.1, 0.15) is 23.2 Å². The van der Waals surface area contributed by atoms with E-state index in [1.807, 2.05) is 35.0 Å². The summed E-state index contributed by atoms with van der Waals surface area (Å²) in [5.74, 6) is -0.349. The van der Waals surface area contributed by atoms with Crippen LogP contribution in [0.2, 0.25) is 0 Å². The molecule has 2 saturated heterocycles. The quantitative estimate of drug-likeness (QED) is 0.789. The van der Waals surface area contributed by atoms with Crippen LogP contribution in [0.25, 0.3) is 10.9 Å². The number of imide groups is 1. The van der Waals surface area contributed by atoms with Crippen molar-refractivity contribution in [1.29, 1.82) is 0 Å². The number of carbonyl (C=O) groups excluding carboxylic acids is 3. The van der Waals surface area contributed by atoms with Crippen LogP contribution in [0, 0.1) is 0 Å². The summed E-state index contributed by atoms with van der Waals surface area (Å²) in [6.45, 7) is 2.07. The Morgan fingerprint density at radius 3 is 2.63 bits per heavy atom. The first kappa shape index (κ1) is 17.5. The van der Waals surface area contributed by atoms with Crippen molar-refractivity contribution in [2.45, 2.75) is 24.9 Å². The second kappa shape index (κ2) is 6.70. The van der Waals surface area contributed by atoms with Gasteiger partial charge in [-0.3, -0.25) is 14.9 Å². The fraction of sp³-hybridized carbons (Fsp3) is 0.421. The number of hydrogen-bond acceptors (Lipinski definition) is 4. The number of ether oxygens (including phenoxy) is 1. The molecular formula is C19H22N4O4. The summed E-state index contributed by atoms with van der Waals surface area (Å²) in [4.78, 5) is 38.4. The predicted molar refractivity (Wildman–Crippen MR) is 98.4 cm³/mol. The maximum atomic E-state index is 13.1. The summed E-state index contributed by atoms with van der Waals surface area (Å²) >= 11 is 0. The molecule has 0 atom stereocenters. The van der Waals surface area contributed by atoms with Gasteiger partial charge in [-0.15, -0.1) is 0 Å². The van der Waals surface area contributed by atoms with E-state index in [0.29, 0.717) is 44.6 Å². The first-order valence-corrected chi connectivity index (χ1v) is 9.04. The van der Waals surface area contributed by atoms with Gasteiger partial charge in [-0.1, -0.05) is 18.2 Å². The van der Waals surface area contributed by atoms with E-state index >= 15 is 0 Å². The molecule has 142 valence electrons. The number of nitrogens with zero attached hydrogens (tertiary/aromatic N) is 2. The highest BCUT2D eigenvalue weighted by Gasteiger charge is 2.48.